The van der Waals surface area contributed by atoms with Gasteiger partial charge in [0, 0.05) is 15.8 Å². The lowest BCUT2D eigenvalue weighted by Gasteiger charge is -2.24. The van der Waals surface area contributed by atoms with Crippen LogP contribution in [0.1, 0.15) is 13.3 Å². The zero-order chi connectivity index (χ0) is 10.3. The average Bonchev–Trinajstić information content (AvgIpc) is 1.79. The Bertz CT molecular complexity index is 276. The van der Waals surface area contributed by atoms with E-state index >= 15 is 0 Å². The van der Waals surface area contributed by atoms with Crippen LogP contribution in [0.2, 0.25) is 0 Å². The van der Waals surface area contributed by atoms with Gasteiger partial charge in [0.1, 0.15) is 0 Å². The Morgan fingerprint density at radius 1 is 1.54 bits per heavy atom. The SMILES string of the molecule is CC1(Br)C=C(C(F)(F)F)C=C(Cl)C1. The van der Waals surface area contributed by atoms with Gasteiger partial charge < -0.3 is 0 Å². The fourth-order valence-corrected chi connectivity index (χ4v) is 2.24. The molecule has 0 spiro atoms. The van der Waals surface area contributed by atoms with E-state index in [0.717, 1.165) is 12.2 Å². The molecular formula is C8H7BrClF3. The van der Waals surface area contributed by atoms with Crippen molar-refractivity contribution < 1.29 is 13.2 Å². The molecule has 0 heterocycles. The normalized spacial score (nSPS) is 29.7. The van der Waals surface area contributed by atoms with Crippen LogP contribution in [0.25, 0.3) is 0 Å². The third-order valence-electron chi connectivity index (χ3n) is 1.61. The predicted molar refractivity (Wildman–Crippen MR) is 50.0 cm³/mol. The number of allylic oxidation sites excluding steroid dienone is 4. The predicted octanol–water partition coefficient (Wildman–Crippen LogP) is 4.16. The van der Waals surface area contributed by atoms with Crippen molar-refractivity contribution in [1.82, 2.24) is 0 Å². The first kappa shape index (κ1) is 11.1. The van der Waals surface area contributed by atoms with Crippen molar-refractivity contribution in [3.05, 3.63) is 22.8 Å². The highest BCUT2D eigenvalue weighted by atomic mass is 79.9. The monoisotopic (exact) mass is 274 g/mol. The van der Waals surface area contributed by atoms with Gasteiger partial charge in [0.15, 0.2) is 0 Å². The van der Waals surface area contributed by atoms with Crippen LogP contribution in [0.4, 0.5) is 13.2 Å². The lowest BCUT2D eigenvalue weighted by atomic mass is 9.97. The minimum absolute atomic E-state index is 0.217. The van der Waals surface area contributed by atoms with E-state index in [2.05, 4.69) is 15.9 Å². The molecule has 0 amide bonds. The molecule has 0 nitrogen and oxygen atoms in total. The number of rotatable bonds is 0. The Morgan fingerprint density at radius 2 is 2.08 bits per heavy atom. The molecule has 1 unspecified atom stereocenters. The Labute approximate surface area is 87.6 Å². The molecule has 0 aromatic rings. The molecule has 0 radical (unpaired) electrons. The molecule has 0 fully saturated rings. The summed E-state index contributed by atoms with van der Waals surface area (Å²) in [6.07, 6.45) is -1.84. The van der Waals surface area contributed by atoms with Crippen LogP contribution >= 0.6 is 27.5 Å². The molecule has 0 N–H and O–H groups in total. The minimum Gasteiger partial charge on any atom is -0.166 e. The molecule has 1 rings (SSSR count). The van der Waals surface area contributed by atoms with Gasteiger partial charge in [-0.05, 0) is 13.0 Å². The zero-order valence-corrected chi connectivity index (χ0v) is 9.09. The van der Waals surface area contributed by atoms with Gasteiger partial charge in [0.2, 0.25) is 0 Å². The quantitative estimate of drug-likeness (QED) is 0.583. The Morgan fingerprint density at radius 3 is 2.46 bits per heavy atom. The summed E-state index contributed by atoms with van der Waals surface area (Å²) in [6, 6.07) is 0. The summed E-state index contributed by atoms with van der Waals surface area (Å²) in [6.45, 7) is 1.65. The second-order valence-corrected chi connectivity index (χ2v) is 5.44. The molecule has 0 saturated heterocycles. The van der Waals surface area contributed by atoms with Crippen molar-refractivity contribution in [3.8, 4) is 0 Å². The number of hydrogen-bond donors (Lipinski definition) is 0. The molecule has 1 aliphatic carbocycles. The molecule has 0 aromatic carbocycles. The maximum atomic E-state index is 12.3. The molecule has 0 aliphatic heterocycles. The molecule has 1 atom stereocenters. The van der Waals surface area contributed by atoms with Crippen LogP contribution in [0, 0.1) is 0 Å². The highest BCUT2D eigenvalue weighted by Gasteiger charge is 2.37. The Kier molecular flexibility index (Phi) is 2.83. The van der Waals surface area contributed by atoms with Gasteiger partial charge in [-0.2, -0.15) is 13.2 Å². The van der Waals surface area contributed by atoms with Gasteiger partial charge in [-0.1, -0.05) is 33.6 Å². The lowest BCUT2D eigenvalue weighted by Crippen LogP contribution is -2.21. The maximum Gasteiger partial charge on any atom is 0.416 e. The molecular weight excluding hydrogens is 268 g/mol. The van der Waals surface area contributed by atoms with Gasteiger partial charge >= 0.3 is 6.18 Å². The first-order chi connectivity index (χ1) is 5.71. The summed E-state index contributed by atoms with van der Waals surface area (Å²) < 4.78 is 36.1. The molecule has 13 heavy (non-hydrogen) atoms. The van der Waals surface area contributed by atoms with Crippen molar-refractivity contribution in [3.63, 3.8) is 0 Å². The molecule has 1 aliphatic rings. The Balaban J connectivity index is 3.04. The van der Waals surface area contributed by atoms with Gasteiger partial charge in [-0.25, -0.2) is 0 Å². The summed E-state index contributed by atoms with van der Waals surface area (Å²) in [7, 11) is 0. The van der Waals surface area contributed by atoms with Gasteiger partial charge in [0.05, 0.1) is 5.57 Å². The van der Waals surface area contributed by atoms with Crippen LogP contribution < -0.4 is 0 Å². The maximum absolute atomic E-state index is 12.3. The second-order valence-electron chi connectivity index (χ2n) is 3.14. The first-order valence-corrected chi connectivity index (χ1v) is 4.73. The van der Waals surface area contributed by atoms with E-state index in [4.69, 9.17) is 11.6 Å². The van der Waals surface area contributed by atoms with E-state index in [9.17, 15) is 13.2 Å². The molecule has 5 heteroatoms. The summed E-state index contributed by atoms with van der Waals surface area (Å²) in [5.41, 5.74) is -0.692. The fraction of sp³-hybridized carbons (Fsp3) is 0.500. The highest BCUT2D eigenvalue weighted by Crippen LogP contribution is 2.40. The summed E-state index contributed by atoms with van der Waals surface area (Å²) in [4.78, 5) is 0. The van der Waals surface area contributed by atoms with Crippen molar-refractivity contribution >= 4 is 27.5 Å². The van der Waals surface area contributed by atoms with Crippen LogP contribution in [-0.2, 0) is 0 Å². The molecule has 0 aromatic heterocycles. The fourth-order valence-electron chi connectivity index (χ4n) is 1.13. The average molecular weight is 275 g/mol. The van der Waals surface area contributed by atoms with Crippen molar-refractivity contribution in [2.45, 2.75) is 23.8 Å². The van der Waals surface area contributed by atoms with E-state index in [1.165, 1.54) is 0 Å². The van der Waals surface area contributed by atoms with Crippen LogP contribution in [0.15, 0.2) is 22.8 Å². The number of halogens is 5. The standard InChI is InChI=1S/C8H7BrClF3/c1-7(9)3-5(8(11,12)13)2-6(10)4-7/h2-3H,4H2,1H3. The third-order valence-corrected chi connectivity index (χ3v) is 2.36. The first-order valence-electron chi connectivity index (χ1n) is 3.56. The van der Waals surface area contributed by atoms with E-state index in [-0.39, 0.29) is 5.03 Å². The summed E-state index contributed by atoms with van der Waals surface area (Å²) in [5.74, 6) is 0. The van der Waals surface area contributed by atoms with Crippen LogP contribution in [0.3, 0.4) is 0 Å². The van der Waals surface area contributed by atoms with Gasteiger partial charge in [0.25, 0.3) is 0 Å². The van der Waals surface area contributed by atoms with Crippen molar-refractivity contribution in [2.24, 2.45) is 0 Å². The third kappa shape index (κ3) is 3.02. The van der Waals surface area contributed by atoms with E-state index < -0.39 is 16.1 Å². The van der Waals surface area contributed by atoms with Gasteiger partial charge in [-0.3, -0.25) is 0 Å². The van der Waals surface area contributed by atoms with Crippen LogP contribution in [-0.4, -0.2) is 10.5 Å². The van der Waals surface area contributed by atoms with Crippen LogP contribution in [0.5, 0.6) is 0 Å². The topological polar surface area (TPSA) is 0 Å². The second kappa shape index (κ2) is 3.31. The van der Waals surface area contributed by atoms with E-state index in [1.54, 1.807) is 6.92 Å². The zero-order valence-electron chi connectivity index (χ0n) is 6.75. The highest BCUT2D eigenvalue weighted by molar-refractivity contribution is 9.10. The van der Waals surface area contributed by atoms with E-state index in [0.29, 0.717) is 6.42 Å². The molecule has 74 valence electrons. The lowest BCUT2D eigenvalue weighted by molar-refractivity contribution is -0.0888. The Hall–Kier alpha value is 0.0400. The number of hydrogen-bond acceptors (Lipinski definition) is 0. The number of alkyl halides is 4. The smallest absolute Gasteiger partial charge is 0.166 e. The van der Waals surface area contributed by atoms with Gasteiger partial charge in [-0.15, -0.1) is 0 Å². The minimum atomic E-state index is -4.32. The van der Waals surface area contributed by atoms with Crippen molar-refractivity contribution in [2.75, 3.05) is 0 Å². The molecule has 0 bridgehead atoms. The summed E-state index contributed by atoms with van der Waals surface area (Å²) in [5, 5.41) is 0.217. The van der Waals surface area contributed by atoms with E-state index in [1.807, 2.05) is 0 Å². The largest absolute Gasteiger partial charge is 0.416 e. The van der Waals surface area contributed by atoms with Crippen molar-refractivity contribution in [1.29, 1.82) is 0 Å². The molecule has 0 saturated carbocycles. The summed E-state index contributed by atoms with van der Waals surface area (Å²) >= 11 is 8.76.